The van der Waals surface area contributed by atoms with E-state index in [1.807, 2.05) is 42.5 Å². The number of hydrogen-bond acceptors (Lipinski definition) is 3. The van der Waals surface area contributed by atoms with E-state index < -0.39 is 0 Å². The van der Waals surface area contributed by atoms with Gasteiger partial charge in [0.15, 0.2) is 0 Å². The number of aromatic nitrogens is 2. The molecule has 0 unspecified atom stereocenters. The summed E-state index contributed by atoms with van der Waals surface area (Å²) in [4.78, 5) is 8.48. The van der Waals surface area contributed by atoms with Gasteiger partial charge in [0, 0.05) is 35.5 Å². The van der Waals surface area contributed by atoms with Crippen molar-refractivity contribution in [2.45, 2.75) is 6.42 Å². The van der Waals surface area contributed by atoms with E-state index in [4.69, 9.17) is 0 Å². The lowest BCUT2D eigenvalue weighted by molar-refractivity contribution is 0.474. The van der Waals surface area contributed by atoms with E-state index in [0.29, 0.717) is 11.9 Å². The van der Waals surface area contributed by atoms with E-state index in [9.17, 15) is 5.11 Å². The average Bonchev–Trinajstić information content (AvgIpc) is 2.43. The molecule has 1 N–H and O–H groups in total. The van der Waals surface area contributed by atoms with E-state index in [1.54, 1.807) is 12.4 Å². The van der Waals surface area contributed by atoms with Crippen molar-refractivity contribution >= 4 is 10.9 Å². The molecular weight excluding hydrogens is 224 g/mol. The average molecular weight is 236 g/mol. The Morgan fingerprint density at radius 2 is 1.78 bits per heavy atom. The summed E-state index contributed by atoms with van der Waals surface area (Å²) in [5.41, 5.74) is 2.42. The molecule has 3 nitrogen and oxygen atoms in total. The highest BCUT2D eigenvalue weighted by Crippen LogP contribution is 2.28. The highest BCUT2D eigenvalue weighted by Gasteiger charge is 2.08. The Morgan fingerprint density at radius 1 is 0.889 bits per heavy atom. The Bertz CT molecular complexity index is 680. The van der Waals surface area contributed by atoms with Crippen LogP contribution < -0.4 is 0 Å². The van der Waals surface area contributed by atoms with Crippen LogP contribution in [0.25, 0.3) is 10.9 Å². The number of rotatable bonds is 2. The minimum Gasteiger partial charge on any atom is -0.505 e. The van der Waals surface area contributed by atoms with Gasteiger partial charge in [0.2, 0.25) is 0 Å². The molecule has 0 atom stereocenters. The summed E-state index contributed by atoms with van der Waals surface area (Å²) in [5.74, 6) is 0.249. The fraction of sp³-hybridized carbons (Fsp3) is 0.0667. The van der Waals surface area contributed by atoms with Crippen molar-refractivity contribution in [3.8, 4) is 5.75 Å². The number of fused-ring (bicyclic) bond motifs is 1. The maximum absolute atomic E-state index is 10.2. The van der Waals surface area contributed by atoms with Crippen LogP contribution in [0.1, 0.15) is 11.3 Å². The minimum absolute atomic E-state index is 0.249. The summed E-state index contributed by atoms with van der Waals surface area (Å²) in [5, 5.41) is 11.2. The third-order valence-corrected chi connectivity index (χ3v) is 2.93. The number of benzene rings is 1. The van der Waals surface area contributed by atoms with Gasteiger partial charge in [0.05, 0.1) is 0 Å². The predicted molar refractivity (Wildman–Crippen MR) is 70.5 cm³/mol. The summed E-state index contributed by atoms with van der Waals surface area (Å²) in [7, 11) is 0. The molecular formula is C15H12N2O. The molecule has 0 amide bonds. The Hall–Kier alpha value is -2.42. The topological polar surface area (TPSA) is 46.0 Å². The number of aromatic hydroxyl groups is 1. The lowest BCUT2D eigenvalue weighted by atomic mass is 10.1. The molecule has 0 saturated heterocycles. The number of nitrogens with zero attached hydrogens (tertiary/aromatic N) is 2. The van der Waals surface area contributed by atoms with Crippen LogP contribution in [0.3, 0.4) is 0 Å². The molecule has 18 heavy (non-hydrogen) atoms. The molecule has 0 aliphatic rings. The van der Waals surface area contributed by atoms with Gasteiger partial charge in [-0.2, -0.15) is 0 Å². The van der Waals surface area contributed by atoms with Crippen molar-refractivity contribution in [3.63, 3.8) is 0 Å². The predicted octanol–water partition coefficient (Wildman–Crippen LogP) is 2.93. The first kappa shape index (κ1) is 10.7. The Balaban J connectivity index is 2.05. The zero-order valence-corrected chi connectivity index (χ0v) is 9.74. The normalized spacial score (nSPS) is 10.7. The monoisotopic (exact) mass is 236 g/mol. The maximum Gasteiger partial charge on any atom is 0.145 e. The van der Waals surface area contributed by atoms with Crippen molar-refractivity contribution in [1.29, 1.82) is 0 Å². The van der Waals surface area contributed by atoms with E-state index in [2.05, 4.69) is 9.97 Å². The lowest BCUT2D eigenvalue weighted by Gasteiger charge is -2.06. The molecule has 1 aromatic carbocycles. The van der Waals surface area contributed by atoms with Gasteiger partial charge in [-0.3, -0.25) is 9.97 Å². The first-order chi connectivity index (χ1) is 8.84. The number of hydrogen-bond donors (Lipinski definition) is 1. The minimum atomic E-state index is 0.249. The SMILES string of the molecule is Oc1c(Cc2ccccn2)ccc2cccnc12. The molecule has 3 rings (SSSR count). The van der Waals surface area contributed by atoms with Crippen LogP contribution in [-0.4, -0.2) is 15.1 Å². The largest absolute Gasteiger partial charge is 0.505 e. The van der Waals surface area contributed by atoms with Crippen molar-refractivity contribution < 1.29 is 5.11 Å². The summed E-state index contributed by atoms with van der Waals surface area (Å²) in [6, 6.07) is 13.5. The van der Waals surface area contributed by atoms with Crippen molar-refractivity contribution in [3.05, 3.63) is 66.1 Å². The lowest BCUT2D eigenvalue weighted by Crippen LogP contribution is -1.93. The van der Waals surface area contributed by atoms with Crippen molar-refractivity contribution in [1.82, 2.24) is 9.97 Å². The van der Waals surface area contributed by atoms with Gasteiger partial charge in [-0.1, -0.05) is 24.3 Å². The Kier molecular flexibility index (Phi) is 2.65. The summed E-state index contributed by atoms with van der Waals surface area (Å²) < 4.78 is 0. The maximum atomic E-state index is 10.2. The Morgan fingerprint density at radius 3 is 2.61 bits per heavy atom. The van der Waals surface area contributed by atoms with E-state index in [-0.39, 0.29) is 5.75 Å². The third-order valence-electron chi connectivity index (χ3n) is 2.93. The smallest absolute Gasteiger partial charge is 0.145 e. The van der Waals surface area contributed by atoms with E-state index in [0.717, 1.165) is 16.6 Å². The van der Waals surface area contributed by atoms with Gasteiger partial charge in [0.1, 0.15) is 11.3 Å². The zero-order chi connectivity index (χ0) is 12.4. The van der Waals surface area contributed by atoms with Crippen LogP contribution in [0.5, 0.6) is 5.75 Å². The van der Waals surface area contributed by atoms with E-state index in [1.165, 1.54) is 0 Å². The number of phenolic OH excluding ortho intramolecular Hbond substituents is 1. The molecule has 2 aromatic heterocycles. The molecule has 0 spiro atoms. The van der Waals surface area contributed by atoms with Crippen molar-refractivity contribution in [2.75, 3.05) is 0 Å². The van der Waals surface area contributed by atoms with Gasteiger partial charge in [-0.15, -0.1) is 0 Å². The molecule has 0 aliphatic heterocycles. The molecule has 0 fully saturated rings. The highest BCUT2D eigenvalue weighted by atomic mass is 16.3. The van der Waals surface area contributed by atoms with Crippen LogP contribution >= 0.6 is 0 Å². The fourth-order valence-electron chi connectivity index (χ4n) is 2.01. The van der Waals surface area contributed by atoms with Gasteiger partial charge >= 0.3 is 0 Å². The molecule has 0 aliphatic carbocycles. The standard InChI is InChI=1S/C15H12N2O/c18-15-12(10-13-5-1-2-8-16-13)7-6-11-4-3-9-17-14(11)15/h1-9,18H,10H2. The summed E-state index contributed by atoms with van der Waals surface area (Å²) >= 11 is 0. The molecule has 3 heteroatoms. The van der Waals surface area contributed by atoms with Crippen molar-refractivity contribution in [2.24, 2.45) is 0 Å². The molecule has 0 saturated carbocycles. The second kappa shape index (κ2) is 4.45. The second-order valence-corrected chi connectivity index (χ2v) is 4.15. The summed E-state index contributed by atoms with van der Waals surface area (Å²) in [6.07, 6.45) is 4.05. The molecule has 0 radical (unpaired) electrons. The van der Waals surface area contributed by atoms with Crippen LogP contribution in [0, 0.1) is 0 Å². The zero-order valence-electron chi connectivity index (χ0n) is 9.74. The van der Waals surface area contributed by atoms with Gasteiger partial charge in [-0.25, -0.2) is 0 Å². The quantitative estimate of drug-likeness (QED) is 0.744. The van der Waals surface area contributed by atoms with Crippen LogP contribution in [0.4, 0.5) is 0 Å². The van der Waals surface area contributed by atoms with Crippen LogP contribution in [0.2, 0.25) is 0 Å². The number of pyridine rings is 2. The molecule has 2 heterocycles. The highest BCUT2D eigenvalue weighted by molar-refractivity contribution is 5.85. The van der Waals surface area contributed by atoms with Gasteiger partial charge in [-0.05, 0) is 18.2 Å². The molecule has 88 valence electrons. The fourth-order valence-corrected chi connectivity index (χ4v) is 2.01. The first-order valence-corrected chi connectivity index (χ1v) is 5.80. The second-order valence-electron chi connectivity index (χ2n) is 4.15. The number of phenols is 1. The van der Waals surface area contributed by atoms with Crippen LogP contribution in [0.15, 0.2) is 54.9 Å². The van der Waals surface area contributed by atoms with Gasteiger partial charge < -0.3 is 5.11 Å². The first-order valence-electron chi connectivity index (χ1n) is 5.80. The molecule has 3 aromatic rings. The molecule has 0 bridgehead atoms. The Labute approximate surface area is 105 Å². The summed E-state index contributed by atoms with van der Waals surface area (Å²) in [6.45, 7) is 0. The van der Waals surface area contributed by atoms with E-state index >= 15 is 0 Å². The van der Waals surface area contributed by atoms with Crippen LogP contribution in [-0.2, 0) is 6.42 Å². The van der Waals surface area contributed by atoms with Gasteiger partial charge in [0.25, 0.3) is 0 Å². The third kappa shape index (κ3) is 1.91.